The molecule has 2 saturated heterocycles. The molecular formula is C24H35N3O2. The Bertz CT molecular complexity index is 731. The van der Waals surface area contributed by atoms with Gasteiger partial charge in [-0.25, -0.2) is 0 Å². The number of carbonyl (C=O) groups excluding carboxylic acids is 2. The van der Waals surface area contributed by atoms with Crippen molar-refractivity contribution in [3.63, 3.8) is 0 Å². The molecule has 5 nitrogen and oxygen atoms in total. The number of hydrogen-bond acceptors (Lipinski definition) is 3. The van der Waals surface area contributed by atoms with E-state index < -0.39 is 5.41 Å². The van der Waals surface area contributed by atoms with Crippen molar-refractivity contribution in [2.24, 2.45) is 17.3 Å². The van der Waals surface area contributed by atoms with Gasteiger partial charge in [-0.3, -0.25) is 14.6 Å². The average Bonchev–Trinajstić information content (AvgIpc) is 3.22. The third-order valence-electron chi connectivity index (χ3n) is 7.49. The van der Waals surface area contributed by atoms with E-state index in [-0.39, 0.29) is 23.9 Å². The Morgan fingerprint density at radius 3 is 2.76 bits per heavy atom. The van der Waals surface area contributed by atoms with Crippen LogP contribution in [0, 0.1) is 17.3 Å². The van der Waals surface area contributed by atoms with E-state index in [1.54, 1.807) is 6.20 Å². The Hall–Kier alpha value is -1.91. The monoisotopic (exact) mass is 397 g/mol. The summed E-state index contributed by atoms with van der Waals surface area (Å²) in [6.45, 7) is 5.07. The number of fused-ring (bicyclic) bond motifs is 2. The minimum absolute atomic E-state index is 0.0951. The third kappa shape index (κ3) is 3.93. The number of hydrogen-bond donors (Lipinski definition) is 1. The average molecular weight is 398 g/mol. The number of nitrogens with zero attached hydrogens (tertiary/aromatic N) is 2. The summed E-state index contributed by atoms with van der Waals surface area (Å²) >= 11 is 0. The van der Waals surface area contributed by atoms with Gasteiger partial charge in [-0.2, -0.15) is 0 Å². The van der Waals surface area contributed by atoms with Crippen LogP contribution in [0.3, 0.4) is 0 Å². The molecule has 3 heterocycles. The van der Waals surface area contributed by atoms with Crippen molar-refractivity contribution in [2.45, 2.75) is 83.7 Å². The second kappa shape index (κ2) is 8.45. The Morgan fingerprint density at radius 1 is 1.28 bits per heavy atom. The molecule has 2 aliphatic heterocycles. The first-order chi connectivity index (χ1) is 14.0. The van der Waals surface area contributed by atoms with Crippen LogP contribution < -0.4 is 5.32 Å². The van der Waals surface area contributed by atoms with E-state index in [0.29, 0.717) is 18.4 Å². The Balaban J connectivity index is 1.47. The summed E-state index contributed by atoms with van der Waals surface area (Å²) in [5, 5.41) is 3.23. The molecule has 5 heteroatoms. The Morgan fingerprint density at radius 2 is 2.10 bits per heavy atom. The summed E-state index contributed by atoms with van der Waals surface area (Å²) < 4.78 is 0. The molecule has 1 N–H and O–H groups in total. The number of aromatic nitrogens is 1. The van der Waals surface area contributed by atoms with Gasteiger partial charge in [0.2, 0.25) is 11.8 Å². The van der Waals surface area contributed by atoms with Crippen LogP contribution in [-0.4, -0.2) is 40.3 Å². The highest BCUT2D eigenvalue weighted by Gasteiger charge is 2.61. The van der Waals surface area contributed by atoms with Gasteiger partial charge in [0.15, 0.2) is 0 Å². The fourth-order valence-corrected chi connectivity index (χ4v) is 5.60. The fraction of sp³-hybridized carbons (Fsp3) is 0.708. The van der Waals surface area contributed by atoms with E-state index in [4.69, 9.17) is 0 Å². The van der Waals surface area contributed by atoms with Crippen molar-refractivity contribution < 1.29 is 9.59 Å². The van der Waals surface area contributed by atoms with Crippen LogP contribution in [0.15, 0.2) is 24.5 Å². The number of carbonyl (C=O) groups is 2. The van der Waals surface area contributed by atoms with Gasteiger partial charge in [0.1, 0.15) is 0 Å². The van der Waals surface area contributed by atoms with Gasteiger partial charge in [0.25, 0.3) is 0 Å². The highest BCUT2D eigenvalue weighted by molar-refractivity contribution is 5.88. The lowest BCUT2D eigenvalue weighted by atomic mass is 9.69. The van der Waals surface area contributed by atoms with E-state index in [2.05, 4.69) is 29.0 Å². The lowest BCUT2D eigenvalue weighted by Crippen LogP contribution is -2.51. The van der Waals surface area contributed by atoms with Crippen LogP contribution >= 0.6 is 0 Å². The maximum absolute atomic E-state index is 13.5. The predicted molar refractivity (Wildman–Crippen MR) is 113 cm³/mol. The number of pyridine rings is 1. The molecule has 1 aliphatic carbocycles. The van der Waals surface area contributed by atoms with Crippen molar-refractivity contribution in [1.82, 2.24) is 15.2 Å². The molecule has 29 heavy (non-hydrogen) atoms. The molecule has 1 aromatic heterocycles. The summed E-state index contributed by atoms with van der Waals surface area (Å²) in [5.74, 6) is 1.27. The smallest absolute Gasteiger partial charge is 0.228 e. The standard InChI is InChI=1S/C24H35N3O2/c1-17(2)10-12-24(23(29)26-14-11-18-5-4-13-25-16-18)15-20-8-9-21(24)27(20)22(28)19-6-3-7-19/h4-5,13,16-17,19-21H,3,6-12,14-15H2,1-2H3,(H,26,29)/t20-,21+,24+/m1/s1. The van der Waals surface area contributed by atoms with Gasteiger partial charge in [-0.1, -0.05) is 26.3 Å². The van der Waals surface area contributed by atoms with Crippen LogP contribution in [-0.2, 0) is 16.0 Å². The zero-order valence-corrected chi connectivity index (χ0v) is 17.9. The zero-order valence-electron chi connectivity index (χ0n) is 17.9. The van der Waals surface area contributed by atoms with E-state index >= 15 is 0 Å². The normalized spacial score (nSPS) is 28.6. The van der Waals surface area contributed by atoms with Gasteiger partial charge in [0, 0.05) is 36.9 Å². The molecule has 158 valence electrons. The van der Waals surface area contributed by atoms with Crippen LogP contribution in [0.2, 0.25) is 0 Å². The molecule has 0 radical (unpaired) electrons. The van der Waals surface area contributed by atoms with Crippen molar-refractivity contribution >= 4 is 11.8 Å². The molecule has 0 aromatic carbocycles. The van der Waals surface area contributed by atoms with E-state index in [9.17, 15) is 9.59 Å². The second-order valence-corrected chi connectivity index (χ2v) is 9.78. The largest absolute Gasteiger partial charge is 0.355 e. The summed E-state index contributed by atoms with van der Waals surface area (Å²) in [7, 11) is 0. The van der Waals surface area contributed by atoms with Gasteiger partial charge >= 0.3 is 0 Å². The number of amides is 2. The topological polar surface area (TPSA) is 62.3 Å². The minimum Gasteiger partial charge on any atom is -0.355 e. The first-order valence-corrected chi connectivity index (χ1v) is 11.5. The van der Waals surface area contributed by atoms with E-state index in [0.717, 1.165) is 56.9 Å². The van der Waals surface area contributed by atoms with Gasteiger partial charge < -0.3 is 10.2 Å². The first kappa shape index (κ1) is 20.4. The molecule has 2 bridgehead atoms. The van der Waals surface area contributed by atoms with E-state index in [1.807, 2.05) is 18.3 Å². The van der Waals surface area contributed by atoms with Crippen LogP contribution in [0.25, 0.3) is 0 Å². The molecule has 4 rings (SSSR count). The Kier molecular flexibility index (Phi) is 5.93. The van der Waals surface area contributed by atoms with Gasteiger partial charge in [-0.05, 0) is 68.9 Å². The quantitative estimate of drug-likeness (QED) is 0.727. The Labute approximate surface area is 174 Å². The summed E-state index contributed by atoms with van der Waals surface area (Å²) in [5.41, 5.74) is 0.736. The summed E-state index contributed by atoms with van der Waals surface area (Å²) in [6, 6.07) is 4.34. The predicted octanol–water partition coefficient (Wildman–Crippen LogP) is 3.73. The lowest BCUT2D eigenvalue weighted by Gasteiger charge is -2.38. The molecule has 3 fully saturated rings. The highest BCUT2D eigenvalue weighted by atomic mass is 16.2. The second-order valence-electron chi connectivity index (χ2n) is 9.78. The van der Waals surface area contributed by atoms with Crippen molar-refractivity contribution in [3.8, 4) is 0 Å². The third-order valence-corrected chi connectivity index (χ3v) is 7.49. The maximum atomic E-state index is 13.5. The molecule has 1 aromatic rings. The molecule has 2 amide bonds. The van der Waals surface area contributed by atoms with Crippen molar-refractivity contribution in [3.05, 3.63) is 30.1 Å². The molecule has 3 atom stereocenters. The molecular weight excluding hydrogens is 362 g/mol. The van der Waals surface area contributed by atoms with Crippen LogP contribution in [0.1, 0.15) is 70.8 Å². The molecule has 0 spiro atoms. The highest BCUT2D eigenvalue weighted by Crippen LogP contribution is 2.54. The van der Waals surface area contributed by atoms with Gasteiger partial charge in [0.05, 0.1) is 5.41 Å². The summed E-state index contributed by atoms with van der Waals surface area (Å²) in [6.07, 6.45) is 12.5. The zero-order chi connectivity index (χ0) is 20.4. The maximum Gasteiger partial charge on any atom is 0.228 e. The molecule has 1 saturated carbocycles. The van der Waals surface area contributed by atoms with Gasteiger partial charge in [-0.15, -0.1) is 0 Å². The van der Waals surface area contributed by atoms with Crippen LogP contribution in [0.4, 0.5) is 0 Å². The van der Waals surface area contributed by atoms with E-state index in [1.165, 1.54) is 6.42 Å². The molecule has 3 aliphatic rings. The number of rotatable bonds is 8. The minimum atomic E-state index is -0.401. The van der Waals surface area contributed by atoms with Crippen molar-refractivity contribution in [2.75, 3.05) is 6.54 Å². The summed E-state index contributed by atoms with van der Waals surface area (Å²) in [4.78, 5) is 33.0. The lowest BCUT2D eigenvalue weighted by molar-refractivity contribution is -0.142. The molecule has 0 unspecified atom stereocenters. The van der Waals surface area contributed by atoms with Crippen molar-refractivity contribution in [1.29, 1.82) is 0 Å². The number of nitrogens with one attached hydrogen (secondary N) is 1. The fourth-order valence-electron chi connectivity index (χ4n) is 5.60. The SMILES string of the molecule is CC(C)CC[C@]1(C(=O)NCCc2cccnc2)C[C@H]2CC[C@@H]1N2C(=O)C1CCC1. The first-order valence-electron chi connectivity index (χ1n) is 11.5. The van der Waals surface area contributed by atoms with Crippen LogP contribution in [0.5, 0.6) is 0 Å².